The van der Waals surface area contributed by atoms with Gasteiger partial charge in [0.2, 0.25) is 0 Å². The summed E-state index contributed by atoms with van der Waals surface area (Å²) in [5.74, 6) is -0.511. The number of rotatable bonds is 4. The van der Waals surface area contributed by atoms with Crippen molar-refractivity contribution >= 4 is 40.8 Å². The number of hydrogen-bond acceptors (Lipinski definition) is 3. The molecule has 0 aliphatic heterocycles. The van der Waals surface area contributed by atoms with Crippen molar-refractivity contribution in [3.8, 4) is 17.0 Å². The second-order valence-corrected chi connectivity index (χ2v) is 5.31. The molecule has 0 saturated heterocycles. The average Bonchev–Trinajstić information content (AvgIpc) is 2.44. The van der Waals surface area contributed by atoms with Crippen LogP contribution in [0.1, 0.15) is 5.69 Å². The van der Waals surface area contributed by atoms with Crippen LogP contribution in [-0.2, 0) is 11.2 Å². The number of hydrogen-bond donors (Lipinski definition) is 1. The van der Waals surface area contributed by atoms with Crippen molar-refractivity contribution in [2.45, 2.75) is 6.42 Å². The van der Waals surface area contributed by atoms with E-state index < -0.39 is 5.97 Å². The molecule has 0 radical (unpaired) electrons. The number of aliphatic carboxylic acids is 1. The molecule has 0 amide bonds. The first-order valence-electron chi connectivity index (χ1n) is 5.83. The minimum absolute atomic E-state index is 0.198. The number of pyridine rings is 1. The lowest BCUT2D eigenvalue weighted by Crippen LogP contribution is -2.04. The van der Waals surface area contributed by atoms with Gasteiger partial charge in [0.1, 0.15) is 11.4 Å². The van der Waals surface area contributed by atoms with Crippen molar-refractivity contribution in [2.24, 2.45) is 0 Å². The highest BCUT2D eigenvalue weighted by molar-refractivity contribution is 6.49. The number of ether oxygens (including phenoxy) is 1. The molecular weight excluding hydrogens is 337 g/mol. The largest absolute Gasteiger partial charge is 0.494 e. The summed E-state index contributed by atoms with van der Waals surface area (Å²) in [5.41, 5.74) is 1.33. The maximum absolute atomic E-state index is 10.8. The Morgan fingerprint density at radius 3 is 2.52 bits per heavy atom. The van der Waals surface area contributed by atoms with E-state index in [1.807, 2.05) is 0 Å². The molecule has 21 heavy (non-hydrogen) atoms. The highest BCUT2D eigenvalue weighted by atomic mass is 35.5. The molecule has 1 N–H and O–H groups in total. The summed E-state index contributed by atoms with van der Waals surface area (Å²) in [4.78, 5) is 15.1. The molecular formula is C14H10Cl3NO3. The van der Waals surface area contributed by atoms with Gasteiger partial charge in [-0.1, -0.05) is 34.8 Å². The standard InChI is InChI=1S/C14H10Cl3NO3/c1-21-10-5-2-7(6-11(19)20)18-14(10)8-3-4-9(15)13(17)12(8)16/h2-5H,6H2,1H3,(H,19,20). The van der Waals surface area contributed by atoms with E-state index in [-0.39, 0.29) is 16.5 Å². The Bertz CT molecular complexity index is 704. The summed E-state index contributed by atoms with van der Waals surface area (Å²) >= 11 is 18.1. The van der Waals surface area contributed by atoms with Crippen LogP contribution in [0.4, 0.5) is 0 Å². The van der Waals surface area contributed by atoms with Crippen molar-refractivity contribution in [3.63, 3.8) is 0 Å². The minimum atomic E-state index is -0.973. The summed E-state index contributed by atoms with van der Waals surface area (Å²) in [6, 6.07) is 6.48. The highest BCUT2D eigenvalue weighted by Crippen LogP contribution is 2.40. The fourth-order valence-electron chi connectivity index (χ4n) is 1.81. The van der Waals surface area contributed by atoms with Crippen LogP contribution < -0.4 is 4.74 Å². The summed E-state index contributed by atoms with van der Waals surface area (Å²) < 4.78 is 5.24. The molecule has 0 atom stereocenters. The Morgan fingerprint density at radius 2 is 1.90 bits per heavy atom. The Labute approximate surface area is 136 Å². The van der Waals surface area contributed by atoms with Gasteiger partial charge >= 0.3 is 5.97 Å². The summed E-state index contributed by atoms with van der Waals surface area (Å²) in [7, 11) is 1.49. The first kappa shape index (κ1) is 15.9. The molecule has 1 aromatic heterocycles. The molecule has 0 aliphatic carbocycles. The number of benzene rings is 1. The second-order valence-electron chi connectivity index (χ2n) is 4.15. The minimum Gasteiger partial charge on any atom is -0.494 e. The Kier molecular flexibility index (Phi) is 4.93. The van der Waals surface area contributed by atoms with Gasteiger partial charge in [-0.25, -0.2) is 4.98 Å². The van der Waals surface area contributed by atoms with E-state index in [0.29, 0.717) is 27.7 Å². The van der Waals surface area contributed by atoms with Crippen molar-refractivity contribution in [3.05, 3.63) is 45.0 Å². The zero-order valence-corrected chi connectivity index (χ0v) is 13.1. The molecule has 1 heterocycles. The zero-order chi connectivity index (χ0) is 15.6. The quantitative estimate of drug-likeness (QED) is 0.836. The van der Waals surface area contributed by atoms with Crippen LogP contribution in [0, 0.1) is 0 Å². The van der Waals surface area contributed by atoms with Gasteiger partial charge in [0, 0.05) is 5.56 Å². The van der Waals surface area contributed by atoms with Gasteiger partial charge in [0.25, 0.3) is 0 Å². The fourth-order valence-corrected chi connectivity index (χ4v) is 2.43. The predicted octanol–water partition coefficient (Wildman–Crippen LogP) is 4.34. The Balaban J connectivity index is 2.61. The molecule has 0 bridgehead atoms. The van der Waals surface area contributed by atoms with E-state index in [1.54, 1.807) is 24.3 Å². The zero-order valence-electron chi connectivity index (χ0n) is 10.9. The number of methoxy groups -OCH3 is 1. The van der Waals surface area contributed by atoms with E-state index in [0.717, 1.165) is 0 Å². The number of nitrogens with zero attached hydrogens (tertiary/aromatic N) is 1. The summed E-state index contributed by atoms with van der Waals surface area (Å²) in [5, 5.41) is 9.63. The van der Waals surface area contributed by atoms with Gasteiger partial charge in [-0.2, -0.15) is 0 Å². The van der Waals surface area contributed by atoms with Crippen LogP contribution in [0.2, 0.25) is 15.1 Å². The van der Waals surface area contributed by atoms with Gasteiger partial charge in [0.15, 0.2) is 0 Å². The normalized spacial score (nSPS) is 10.5. The number of halogens is 3. The highest BCUT2D eigenvalue weighted by Gasteiger charge is 2.16. The topological polar surface area (TPSA) is 59.4 Å². The maximum atomic E-state index is 10.8. The Morgan fingerprint density at radius 1 is 1.19 bits per heavy atom. The molecule has 4 nitrogen and oxygen atoms in total. The lowest BCUT2D eigenvalue weighted by molar-refractivity contribution is -0.136. The molecule has 2 aromatic rings. The lowest BCUT2D eigenvalue weighted by Gasteiger charge is -2.12. The third kappa shape index (κ3) is 3.40. The van der Waals surface area contributed by atoms with Crippen LogP contribution in [0.25, 0.3) is 11.3 Å². The molecule has 0 spiro atoms. The monoisotopic (exact) mass is 345 g/mol. The first-order valence-corrected chi connectivity index (χ1v) is 6.97. The van der Waals surface area contributed by atoms with E-state index in [1.165, 1.54) is 7.11 Å². The molecule has 1 aromatic carbocycles. The number of carboxylic acids is 1. The number of carboxylic acid groups (broad SMARTS) is 1. The van der Waals surface area contributed by atoms with Crippen molar-refractivity contribution in [2.75, 3.05) is 7.11 Å². The van der Waals surface area contributed by atoms with Gasteiger partial charge < -0.3 is 9.84 Å². The molecule has 0 saturated carbocycles. The smallest absolute Gasteiger partial charge is 0.309 e. The Hall–Kier alpha value is -1.49. The third-order valence-corrected chi connectivity index (χ3v) is 4.05. The molecule has 0 aliphatic rings. The molecule has 7 heteroatoms. The van der Waals surface area contributed by atoms with E-state index in [4.69, 9.17) is 44.6 Å². The van der Waals surface area contributed by atoms with Gasteiger partial charge in [-0.15, -0.1) is 0 Å². The van der Waals surface area contributed by atoms with E-state index in [2.05, 4.69) is 4.98 Å². The van der Waals surface area contributed by atoms with Crippen LogP contribution in [0.15, 0.2) is 24.3 Å². The summed E-state index contributed by atoms with van der Waals surface area (Å²) in [6.45, 7) is 0. The first-order chi connectivity index (χ1) is 9.93. The van der Waals surface area contributed by atoms with Gasteiger partial charge in [-0.3, -0.25) is 4.79 Å². The van der Waals surface area contributed by atoms with Gasteiger partial charge in [-0.05, 0) is 24.3 Å². The predicted molar refractivity (Wildman–Crippen MR) is 82.6 cm³/mol. The van der Waals surface area contributed by atoms with Crippen molar-refractivity contribution in [1.29, 1.82) is 0 Å². The lowest BCUT2D eigenvalue weighted by atomic mass is 10.1. The SMILES string of the molecule is COc1ccc(CC(=O)O)nc1-c1ccc(Cl)c(Cl)c1Cl. The van der Waals surface area contributed by atoms with Crippen LogP contribution >= 0.6 is 34.8 Å². The maximum Gasteiger partial charge on any atom is 0.309 e. The third-order valence-electron chi connectivity index (χ3n) is 2.76. The molecule has 110 valence electrons. The van der Waals surface area contributed by atoms with Crippen LogP contribution in [0.5, 0.6) is 5.75 Å². The van der Waals surface area contributed by atoms with E-state index in [9.17, 15) is 4.79 Å². The fraction of sp³-hybridized carbons (Fsp3) is 0.143. The number of carbonyl (C=O) groups is 1. The molecule has 0 fully saturated rings. The van der Waals surface area contributed by atoms with E-state index >= 15 is 0 Å². The molecule has 0 unspecified atom stereocenters. The number of aromatic nitrogens is 1. The molecule has 2 rings (SSSR count). The average molecular weight is 347 g/mol. The van der Waals surface area contributed by atoms with Crippen LogP contribution in [0.3, 0.4) is 0 Å². The van der Waals surface area contributed by atoms with Crippen LogP contribution in [-0.4, -0.2) is 23.2 Å². The second kappa shape index (κ2) is 6.52. The summed E-state index contributed by atoms with van der Waals surface area (Å²) in [6.07, 6.45) is -0.198. The van der Waals surface area contributed by atoms with Crippen molar-refractivity contribution < 1.29 is 14.6 Å². The van der Waals surface area contributed by atoms with Gasteiger partial charge in [0.05, 0.1) is 34.3 Å². The van der Waals surface area contributed by atoms with Crippen molar-refractivity contribution in [1.82, 2.24) is 4.98 Å².